The minimum atomic E-state index is -0.639. The number of rotatable bonds is 6. The topological polar surface area (TPSA) is 49.8 Å². The molecule has 1 N–H and O–H groups in total. The molecule has 2 atom stereocenters. The highest BCUT2D eigenvalue weighted by atomic mass is 16.5. The molecule has 0 bridgehead atoms. The maximum absolute atomic E-state index is 11.3. The van der Waals surface area contributed by atoms with E-state index in [2.05, 4.69) is 4.90 Å². The number of likely N-dealkylation sites (N-methyl/N-ethyl adjacent to an activating group) is 1. The van der Waals surface area contributed by atoms with Gasteiger partial charge in [0.2, 0.25) is 0 Å². The molecule has 4 nitrogen and oxygen atoms in total. The molecule has 1 fully saturated rings. The van der Waals surface area contributed by atoms with Crippen LogP contribution in [0.4, 0.5) is 0 Å². The summed E-state index contributed by atoms with van der Waals surface area (Å²) in [7, 11) is 2.02. The van der Waals surface area contributed by atoms with Crippen molar-refractivity contribution in [3.05, 3.63) is 0 Å². The molecule has 4 heteroatoms. The first-order valence-electron chi connectivity index (χ1n) is 6.67. The molecule has 1 aliphatic rings. The lowest BCUT2D eigenvalue weighted by Gasteiger charge is -2.31. The third-order valence-electron chi connectivity index (χ3n) is 3.66. The minimum Gasteiger partial charge on any atom is -0.481 e. The van der Waals surface area contributed by atoms with Gasteiger partial charge in [-0.2, -0.15) is 0 Å². The molecule has 0 spiro atoms. The third-order valence-corrected chi connectivity index (χ3v) is 3.66. The fourth-order valence-electron chi connectivity index (χ4n) is 2.62. The van der Waals surface area contributed by atoms with Gasteiger partial charge in [0.15, 0.2) is 0 Å². The maximum atomic E-state index is 11.3. The van der Waals surface area contributed by atoms with Gasteiger partial charge in [0.25, 0.3) is 0 Å². The van der Waals surface area contributed by atoms with E-state index in [0.29, 0.717) is 6.61 Å². The fourth-order valence-corrected chi connectivity index (χ4v) is 2.62. The molecule has 0 radical (unpaired) electrons. The molecular formula is C13H25NO3. The molecule has 100 valence electrons. The molecule has 0 aromatic carbocycles. The van der Waals surface area contributed by atoms with Gasteiger partial charge in [0.1, 0.15) is 0 Å². The summed E-state index contributed by atoms with van der Waals surface area (Å²) in [6.07, 6.45) is 5.18. The smallest absolute Gasteiger partial charge is 0.308 e. The molecule has 2 unspecified atom stereocenters. The zero-order valence-electron chi connectivity index (χ0n) is 11.0. The number of hydrogen-bond acceptors (Lipinski definition) is 3. The second kappa shape index (κ2) is 7.67. The van der Waals surface area contributed by atoms with Gasteiger partial charge < -0.3 is 14.7 Å². The van der Waals surface area contributed by atoms with E-state index < -0.39 is 5.97 Å². The van der Waals surface area contributed by atoms with Crippen molar-refractivity contribution in [1.29, 1.82) is 0 Å². The van der Waals surface area contributed by atoms with E-state index in [0.717, 1.165) is 38.8 Å². The second-order valence-corrected chi connectivity index (χ2v) is 4.83. The predicted octanol–water partition coefficient (Wildman–Crippen LogP) is 1.99. The number of nitrogens with zero attached hydrogens (tertiary/aromatic N) is 1. The molecule has 17 heavy (non-hydrogen) atoms. The Kier molecular flexibility index (Phi) is 6.52. The summed E-state index contributed by atoms with van der Waals surface area (Å²) in [5.41, 5.74) is 0. The predicted molar refractivity (Wildman–Crippen MR) is 67.1 cm³/mol. The molecule has 0 aliphatic heterocycles. The van der Waals surface area contributed by atoms with Crippen LogP contribution in [-0.4, -0.2) is 48.8 Å². The van der Waals surface area contributed by atoms with Crippen molar-refractivity contribution in [2.24, 2.45) is 5.92 Å². The number of carboxylic acids is 1. The minimum absolute atomic E-state index is 0.176. The van der Waals surface area contributed by atoms with Gasteiger partial charge in [-0.3, -0.25) is 4.79 Å². The van der Waals surface area contributed by atoms with Gasteiger partial charge in [0, 0.05) is 19.2 Å². The van der Waals surface area contributed by atoms with E-state index in [4.69, 9.17) is 4.74 Å². The van der Waals surface area contributed by atoms with Crippen molar-refractivity contribution in [3.8, 4) is 0 Å². The van der Waals surface area contributed by atoms with E-state index in [1.807, 2.05) is 14.0 Å². The Morgan fingerprint density at radius 2 is 2.06 bits per heavy atom. The lowest BCUT2D eigenvalue weighted by Crippen LogP contribution is -2.42. The van der Waals surface area contributed by atoms with E-state index in [1.54, 1.807) is 0 Å². The van der Waals surface area contributed by atoms with E-state index in [9.17, 15) is 9.90 Å². The molecule has 0 saturated heterocycles. The maximum Gasteiger partial charge on any atom is 0.308 e. The summed E-state index contributed by atoms with van der Waals surface area (Å²) in [5, 5.41) is 9.30. The van der Waals surface area contributed by atoms with Gasteiger partial charge in [-0.15, -0.1) is 0 Å². The highest BCUT2D eigenvalue weighted by Gasteiger charge is 2.31. The first kappa shape index (κ1) is 14.5. The number of carbonyl (C=O) groups is 1. The Labute approximate surface area is 104 Å². The van der Waals surface area contributed by atoms with E-state index >= 15 is 0 Å². The Bertz CT molecular complexity index is 233. The van der Waals surface area contributed by atoms with Crippen LogP contribution in [0.3, 0.4) is 0 Å². The number of carboxylic acid groups (broad SMARTS) is 1. The Hall–Kier alpha value is -0.610. The van der Waals surface area contributed by atoms with Crippen LogP contribution in [0.1, 0.15) is 39.0 Å². The quantitative estimate of drug-likeness (QED) is 0.572. The molecule has 1 aliphatic carbocycles. The summed E-state index contributed by atoms with van der Waals surface area (Å²) in [6.45, 7) is 4.21. The average Bonchev–Trinajstić information content (AvgIpc) is 2.54. The SMILES string of the molecule is CCOCCN(C)C1CCCCCC1C(=O)O. The van der Waals surface area contributed by atoms with Crippen LogP contribution in [0.25, 0.3) is 0 Å². The molecule has 1 rings (SSSR count). The second-order valence-electron chi connectivity index (χ2n) is 4.83. The first-order chi connectivity index (χ1) is 8.16. The number of hydrogen-bond donors (Lipinski definition) is 1. The highest BCUT2D eigenvalue weighted by molar-refractivity contribution is 5.70. The van der Waals surface area contributed by atoms with Crippen LogP contribution in [0.5, 0.6) is 0 Å². The van der Waals surface area contributed by atoms with Crippen LogP contribution in [0.2, 0.25) is 0 Å². The van der Waals surface area contributed by atoms with E-state index in [-0.39, 0.29) is 12.0 Å². The summed E-state index contributed by atoms with van der Waals surface area (Å²) >= 11 is 0. The van der Waals surface area contributed by atoms with Gasteiger partial charge in [-0.25, -0.2) is 0 Å². The Morgan fingerprint density at radius 3 is 2.71 bits per heavy atom. The largest absolute Gasteiger partial charge is 0.481 e. The summed E-state index contributed by atoms with van der Waals surface area (Å²) in [5.74, 6) is -0.843. The van der Waals surface area contributed by atoms with Gasteiger partial charge in [0.05, 0.1) is 12.5 Å². The molecule has 0 amide bonds. The van der Waals surface area contributed by atoms with Crippen molar-refractivity contribution < 1.29 is 14.6 Å². The monoisotopic (exact) mass is 243 g/mol. The van der Waals surface area contributed by atoms with Crippen molar-refractivity contribution in [1.82, 2.24) is 4.90 Å². The van der Waals surface area contributed by atoms with Gasteiger partial charge >= 0.3 is 5.97 Å². The average molecular weight is 243 g/mol. The highest BCUT2D eigenvalue weighted by Crippen LogP contribution is 2.27. The number of aliphatic carboxylic acids is 1. The van der Waals surface area contributed by atoms with Crippen LogP contribution in [0.15, 0.2) is 0 Å². The fraction of sp³-hybridized carbons (Fsp3) is 0.923. The Morgan fingerprint density at radius 1 is 1.35 bits per heavy atom. The molecule has 0 aromatic heterocycles. The zero-order valence-corrected chi connectivity index (χ0v) is 11.0. The molecular weight excluding hydrogens is 218 g/mol. The van der Waals surface area contributed by atoms with Crippen LogP contribution in [0, 0.1) is 5.92 Å². The van der Waals surface area contributed by atoms with Gasteiger partial charge in [-0.1, -0.05) is 19.3 Å². The van der Waals surface area contributed by atoms with E-state index in [1.165, 1.54) is 6.42 Å². The third kappa shape index (κ3) is 4.64. The first-order valence-corrected chi connectivity index (χ1v) is 6.67. The van der Waals surface area contributed by atoms with Gasteiger partial charge in [-0.05, 0) is 26.8 Å². The lowest BCUT2D eigenvalue weighted by atomic mass is 9.94. The molecule has 1 saturated carbocycles. The molecule has 0 aromatic rings. The summed E-state index contributed by atoms with van der Waals surface area (Å²) < 4.78 is 5.33. The standard InChI is InChI=1S/C13H25NO3/c1-3-17-10-9-14(2)12-8-6-4-5-7-11(12)13(15)16/h11-12H,3-10H2,1-2H3,(H,15,16). The zero-order chi connectivity index (χ0) is 12.7. The van der Waals surface area contributed by atoms with Crippen molar-refractivity contribution in [3.63, 3.8) is 0 Å². The lowest BCUT2D eigenvalue weighted by molar-refractivity contribution is -0.144. The number of ether oxygens (including phenoxy) is 1. The summed E-state index contributed by atoms with van der Waals surface area (Å²) in [6, 6.07) is 0.176. The normalized spacial score (nSPS) is 25.8. The summed E-state index contributed by atoms with van der Waals surface area (Å²) in [4.78, 5) is 13.5. The Balaban J connectivity index is 2.52. The van der Waals surface area contributed by atoms with Crippen LogP contribution >= 0.6 is 0 Å². The van der Waals surface area contributed by atoms with Crippen molar-refractivity contribution in [2.75, 3.05) is 26.8 Å². The van der Waals surface area contributed by atoms with Crippen molar-refractivity contribution in [2.45, 2.75) is 45.1 Å². The van der Waals surface area contributed by atoms with Crippen LogP contribution < -0.4 is 0 Å². The van der Waals surface area contributed by atoms with Crippen molar-refractivity contribution >= 4 is 5.97 Å². The molecule has 0 heterocycles. The van der Waals surface area contributed by atoms with Crippen LogP contribution in [-0.2, 0) is 9.53 Å².